The molecule has 8 nitrogen and oxygen atoms in total. The third-order valence-electron chi connectivity index (χ3n) is 6.81. The molecule has 3 heterocycles. The summed E-state index contributed by atoms with van der Waals surface area (Å²) in [6.45, 7) is 7.11. The highest BCUT2D eigenvalue weighted by Crippen LogP contribution is 2.49. The highest BCUT2D eigenvalue weighted by Gasteiger charge is 2.42. The molecule has 0 spiro atoms. The van der Waals surface area contributed by atoms with Crippen molar-refractivity contribution in [1.82, 2.24) is 29.6 Å². The van der Waals surface area contributed by atoms with Crippen molar-refractivity contribution in [3.05, 3.63) is 66.3 Å². The first-order valence-electron chi connectivity index (χ1n) is 11.4. The fourth-order valence-electron chi connectivity index (χ4n) is 4.89. The molecule has 1 fully saturated rings. The summed E-state index contributed by atoms with van der Waals surface area (Å²) in [4.78, 5) is 27.6. The zero-order chi connectivity index (χ0) is 23.6. The van der Waals surface area contributed by atoms with E-state index < -0.39 is 0 Å². The lowest BCUT2D eigenvalue weighted by Crippen LogP contribution is -2.46. The first-order chi connectivity index (χ1) is 15.8. The van der Waals surface area contributed by atoms with E-state index in [-0.39, 0.29) is 17.2 Å². The molecule has 8 heteroatoms. The summed E-state index contributed by atoms with van der Waals surface area (Å²) in [6.07, 6.45) is 11.7. The number of pyridine rings is 1. The van der Waals surface area contributed by atoms with Crippen molar-refractivity contribution in [2.75, 3.05) is 13.6 Å². The Morgan fingerprint density at radius 2 is 2.18 bits per heavy atom. The molecule has 1 N–H and O–H groups in total. The van der Waals surface area contributed by atoms with Gasteiger partial charge in [-0.3, -0.25) is 14.3 Å². The van der Waals surface area contributed by atoms with Crippen LogP contribution >= 0.6 is 0 Å². The first kappa shape index (κ1) is 22.8. The van der Waals surface area contributed by atoms with E-state index in [0.29, 0.717) is 35.8 Å². The van der Waals surface area contributed by atoms with Gasteiger partial charge in [0.2, 0.25) is 0 Å². The molecule has 0 unspecified atom stereocenters. The summed E-state index contributed by atoms with van der Waals surface area (Å²) < 4.78 is 3.30. The molecular weight excluding hydrogens is 416 g/mol. The standard InChI is InChI=1S/C25H32N6O2/c1-5-8-18-12-25(6-2,13-18)17-26-23(32)20-9-7-10-31-22(20)11-21(28-31)24(33)29(3)15-19-14-27-30(4)16-19/h5,7,9-11,14,16,18H,1,6,8,12-13,15,17H2,2-4H3,(H,26,32). The third kappa shape index (κ3) is 4.69. The number of hydrogen-bond acceptors (Lipinski definition) is 4. The van der Waals surface area contributed by atoms with Crippen LogP contribution in [0.3, 0.4) is 0 Å². The summed E-state index contributed by atoms with van der Waals surface area (Å²) in [6, 6.07) is 5.25. The minimum absolute atomic E-state index is 0.136. The Kier molecular flexibility index (Phi) is 6.35. The second-order valence-electron chi connectivity index (χ2n) is 9.30. The molecular formula is C25H32N6O2. The van der Waals surface area contributed by atoms with E-state index >= 15 is 0 Å². The van der Waals surface area contributed by atoms with Gasteiger partial charge in [-0.15, -0.1) is 6.58 Å². The van der Waals surface area contributed by atoms with Gasteiger partial charge >= 0.3 is 0 Å². The molecule has 1 saturated carbocycles. The van der Waals surface area contributed by atoms with E-state index in [1.54, 1.807) is 51.7 Å². The molecule has 0 saturated heterocycles. The van der Waals surface area contributed by atoms with Crippen LogP contribution in [0.2, 0.25) is 0 Å². The molecule has 0 aliphatic heterocycles. The molecule has 0 atom stereocenters. The van der Waals surface area contributed by atoms with Crippen molar-refractivity contribution in [3.8, 4) is 0 Å². The van der Waals surface area contributed by atoms with E-state index in [9.17, 15) is 9.59 Å². The molecule has 3 aromatic heterocycles. The number of allylic oxidation sites excluding steroid dienone is 1. The Morgan fingerprint density at radius 3 is 2.85 bits per heavy atom. The number of carbonyl (C=O) groups is 2. The summed E-state index contributed by atoms with van der Waals surface area (Å²) >= 11 is 0. The van der Waals surface area contributed by atoms with Gasteiger partial charge in [-0.05, 0) is 55.2 Å². The first-order valence-corrected chi connectivity index (χ1v) is 11.4. The lowest BCUT2D eigenvalue weighted by Gasteiger charge is -2.47. The molecule has 4 rings (SSSR count). The van der Waals surface area contributed by atoms with Crippen molar-refractivity contribution in [3.63, 3.8) is 0 Å². The molecule has 33 heavy (non-hydrogen) atoms. The SMILES string of the molecule is C=CCC1CC(CC)(CNC(=O)c2cccn3nc(C(=O)N(C)Cc4cnn(C)c4)cc23)C1. The predicted octanol–water partition coefficient (Wildman–Crippen LogP) is 3.45. The van der Waals surface area contributed by atoms with E-state index in [0.717, 1.165) is 31.2 Å². The van der Waals surface area contributed by atoms with Crippen LogP contribution in [-0.4, -0.2) is 49.7 Å². The zero-order valence-corrected chi connectivity index (χ0v) is 19.6. The summed E-state index contributed by atoms with van der Waals surface area (Å²) in [5, 5.41) is 11.7. The maximum Gasteiger partial charge on any atom is 0.274 e. The molecule has 3 aromatic rings. The fraction of sp³-hybridized carbons (Fsp3) is 0.440. The lowest BCUT2D eigenvalue weighted by molar-refractivity contribution is 0.0483. The normalized spacial score (nSPS) is 19.8. The summed E-state index contributed by atoms with van der Waals surface area (Å²) in [7, 11) is 3.57. The van der Waals surface area contributed by atoms with Crippen LogP contribution in [0, 0.1) is 11.3 Å². The number of carbonyl (C=O) groups excluding carboxylic acids is 2. The predicted molar refractivity (Wildman–Crippen MR) is 127 cm³/mol. The van der Waals surface area contributed by atoms with Gasteiger partial charge in [0.15, 0.2) is 5.69 Å². The van der Waals surface area contributed by atoms with Crippen molar-refractivity contribution in [1.29, 1.82) is 0 Å². The number of amides is 2. The van der Waals surface area contributed by atoms with Gasteiger partial charge in [-0.2, -0.15) is 10.2 Å². The number of hydrogen-bond donors (Lipinski definition) is 1. The number of aryl methyl sites for hydroxylation is 1. The molecule has 2 amide bonds. The number of rotatable bonds is 9. The highest BCUT2D eigenvalue weighted by atomic mass is 16.2. The van der Waals surface area contributed by atoms with E-state index in [4.69, 9.17) is 0 Å². The lowest BCUT2D eigenvalue weighted by atomic mass is 9.59. The van der Waals surface area contributed by atoms with Crippen LogP contribution in [0.4, 0.5) is 0 Å². The van der Waals surface area contributed by atoms with Gasteiger partial charge in [0.05, 0.1) is 17.3 Å². The van der Waals surface area contributed by atoms with E-state index in [1.807, 2.05) is 19.3 Å². The van der Waals surface area contributed by atoms with Crippen molar-refractivity contribution in [2.24, 2.45) is 18.4 Å². The monoisotopic (exact) mass is 448 g/mol. The van der Waals surface area contributed by atoms with Gasteiger partial charge < -0.3 is 10.2 Å². The number of nitrogens with one attached hydrogen (secondary N) is 1. The molecule has 0 aromatic carbocycles. The quantitative estimate of drug-likeness (QED) is 0.508. The average molecular weight is 449 g/mol. The molecule has 0 radical (unpaired) electrons. The molecule has 0 bridgehead atoms. The van der Waals surface area contributed by atoms with Gasteiger partial charge in [-0.1, -0.05) is 13.0 Å². The van der Waals surface area contributed by atoms with Crippen molar-refractivity contribution in [2.45, 2.75) is 39.2 Å². The summed E-state index contributed by atoms with van der Waals surface area (Å²) in [5.74, 6) is 0.333. The molecule has 1 aliphatic rings. The third-order valence-corrected chi connectivity index (χ3v) is 6.81. The van der Waals surface area contributed by atoms with Crippen molar-refractivity contribution < 1.29 is 9.59 Å². The Morgan fingerprint density at radius 1 is 1.39 bits per heavy atom. The smallest absolute Gasteiger partial charge is 0.274 e. The zero-order valence-electron chi connectivity index (χ0n) is 19.6. The second kappa shape index (κ2) is 9.21. The number of aromatic nitrogens is 4. The van der Waals surface area contributed by atoms with Gasteiger partial charge in [0.1, 0.15) is 0 Å². The number of fused-ring (bicyclic) bond motifs is 1. The van der Waals surface area contributed by atoms with Crippen LogP contribution in [0.15, 0.2) is 49.4 Å². The fourth-order valence-corrected chi connectivity index (χ4v) is 4.89. The second-order valence-corrected chi connectivity index (χ2v) is 9.30. The minimum Gasteiger partial charge on any atom is -0.351 e. The minimum atomic E-state index is -0.207. The number of nitrogens with zero attached hydrogens (tertiary/aromatic N) is 5. The molecule has 1 aliphatic carbocycles. The average Bonchev–Trinajstić information content (AvgIpc) is 3.40. The van der Waals surface area contributed by atoms with E-state index in [2.05, 4.69) is 29.0 Å². The van der Waals surface area contributed by atoms with Crippen LogP contribution in [0.25, 0.3) is 5.52 Å². The molecule has 174 valence electrons. The van der Waals surface area contributed by atoms with Gasteiger partial charge in [0, 0.05) is 45.1 Å². The maximum atomic E-state index is 13.1. The van der Waals surface area contributed by atoms with Crippen LogP contribution in [0.5, 0.6) is 0 Å². The Hall–Kier alpha value is -3.42. The maximum absolute atomic E-state index is 13.1. The Bertz CT molecular complexity index is 1170. The summed E-state index contributed by atoms with van der Waals surface area (Å²) in [5.41, 5.74) is 2.56. The van der Waals surface area contributed by atoms with Gasteiger partial charge in [0.25, 0.3) is 11.8 Å². The topological polar surface area (TPSA) is 84.5 Å². The van der Waals surface area contributed by atoms with Crippen LogP contribution < -0.4 is 5.32 Å². The van der Waals surface area contributed by atoms with E-state index in [1.165, 1.54) is 0 Å². The Balaban J connectivity index is 1.46. The highest BCUT2D eigenvalue weighted by molar-refractivity contribution is 6.02. The van der Waals surface area contributed by atoms with Crippen molar-refractivity contribution >= 4 is 17.3 Å². The Labute approximate surface area is 194 Å². The van der Waals surface area contributed by atoms with Crippen LogP contribution in [0.1, 0.15) is 59.0 Å². The van der Waals surface area contributed by atoms with Gasteiger partial charge in [-0.25, -0.2) is 4.52 Å². The largest absolute Gasteiger partial charge is 0.351 e. The van der Waals surface area contributed by atoms with Crippen LogP contribution in [-0.2, 0) is 13.6 Å².